The molecule has 0 amide bonds. The van der Waals surface area contributed by atoms with Gasteiger partial charge >= 0.3 is 0 Å². The topological polar surface area (TPSA) is 36.7 Å². The zero-order chi connectivity index (χ0) is 6.69. The first-order valence-corrected chi connectivity index (χ1v) is 2.34. The van der Waals surface area contributed by atoms with E-state index < -0.39 is 5.82 Å². The molecule has 9 heavy (non-hydrogen) atoms. The van der Waals surface area contributed by atoms with Crippen molar-refractivity contribution in [3.8, 4) is 6.07 Å². The number of aromatic nitrogens is 1. The number of pyridine rings is 1. The lowest BCUT2D eigenvalue weighted by Crippen LogP contribution is -1.82. The van der Waals surface area contributed by atoms with Gasteiger partial charge in [-0.1, -0.05) is 0 Å². The monoisotopic (exact) mass is 122 g/mol. The lowest BCUT2D eigenvalue weighted by atomic mass is 10.3. The summed E-state index contributed by atoms with van der Waals surface area (Å²) in [5, 5.41) is 8.19. The van der Waals surface area contributed by atoms with E-state index in [4.69, 9.17) is 5.26 Å². The molecule has 0 aliphatic heterocycles. The Morgan fingerprint density at radius 3 is 2.89 bits per heavy atom. The molecule has 1 aromatic rings. The van der Waals surface area contributed by atoms with Gasteiger partial charge in [-0.2, -0.15) is 5.26 Å². The Labute approximate surface area is 51.6 Å². The van der Waals surface area contributed by atoms with Gasteiger partial charge in [0.2, 0.25) is 0 Å². The van der Waals surface area contributed by atoms with Crippen LogP contribution in [0.4, 0.5) is 4.39 Å². The highest BCUT2D eigenvalue weighted by Crippen LogP contribution is 2.00. The molecule has 3 heteroatoms. The van der Waals surface area contributed by atoms with Crippen molar-refractivity contribution < 1.29 is 4.39 Å². The zero-order valence-electron chi connectivity index (χ0n) is 4.50. The summed E-state index contributed by atoms with van der Waals surface area (Å²) >= 11 is 0. The van der Waals surface area contributed by atoms with Crippen LogP contribution >= 0.6 is 0 Å². The van der Waals surface area contributed by atoms with Crippen molar-refractivity contribution in [2.24, 2.45) is 0 Å². The third-order valence-corrected chi connectivity index (χ3v) is 0.888. The van der Waals surface area contributed by atoms with Gasteiger partial charge in [0.25, 0.3) is 0 Å². The van der Waals surface area contributed by atoms with Crippen LogP contribution in [0.25, 0.3) is 0 Å². The predicted molar refractivity (Wildman–Crippen MR) is 28.9 cm³/mol. The Hall–Kier alpha value is -1.43. The minimum atomic E-state index is -0.521. The fourth-order valence-electron chi connectivity index (χ4n) is 0.460. The molecule has 0 aliphatic carbocycles. The van der Waals surface area contributed by atoms with E-state index >= 15 is 0 Å². The molecule has 0 aliphatic rings. The second-order valence-corrected chi connectivity index (χ2v) is 1.47. The van der Waals surface area contributed by atoms with Crippen molar-refractivity contribution in [2.75, 3.05) is 0 Å². The molecule has 0 N–H and O–H groups in total. The molecule has 0 bridgehead atoms. The molecule has 0 saturated carbocycles. The van der Waals surface area contributed by atoms with Crippen molar-refractivity contribution in [1.29, 1.82) is 5.26 Å². The number of hydrogen-bond acceptors (Lipinski definition) is 2. The van der Waals surface area contributed by atoms with Gasteiger partial charge in [0, 0.05) is 12.4 Å². The van der Waals surface area contributed by atoms with E-state index in [1.807, 2.05) is 0 Å². The standard InChI is InChI=1S/C6H3FN2/c7-6-1-2-9-4-5(6)3-8/h1-2,4H. The van der Waals surface area contributed by atoms with Gasteiger partial charge in [0.15, 0.2) is 0 Å². The zero-order valence-corrected chi connectivity index (χ0v) is 4.50. The van der Waals surface area contributed by atoms with Crippen LogP contribution in [0.2, 0.25) is 0 Å². The summed E-state index contributed by atoms with van der Waals surface area (Å²) < 4.78 is 12.3. The lowest BCUT2D eigenvalue weighted by molar-refractivity contribution is 0.621. The average molecular weight is 122 g/mol. The van der Waals surface area contributed by atoms with Crippen molar-refractivity contribution in [2.45, 2.75) is 0 Å². The molecular weight excluding hydrogens is 119 g/mol. The average Bonchev–Trinajstić information content (AvgIpc) is 1.89. The van der Waals surface area contributed by atoms with E-state index in [2.05, 4.69) is 4.98 Å². The molecule has 44 valence electrons. The molecular formula is C6H3FN2. The van der Waals surface area contributed by atoms with Crippen LogP contribution in [-0.4, -0.2) is 4.98 Å². The van der Waals surface area contributed by atoms with Crippen LogP contribution in [-0.2, 0) is 0 Å². The summed E-state index contributed by atoms with van der Waals surface area (Å²) in [6.45, 7) is 0. The molecule has 0 unspecified atom stereocenters. The first-order valence-electron chi connectivity index (χ1n) is 2.34. The highest BCUT2D eigenvalue weighted by molar-refractivity contribution is 5.25. The van der Waals surface area contributed by atoms with E-state index in [0.717, 1.165) is 6.07 Å². The number of nitrogens with zero attached hydrogens (tertiary/aromatic N) is 2. The van der Waals surface area contributed by atoms with Crippen LogP contribution in [0, 0.1) is 17.1 Å². The molecule has 0 spiro atoms. The van der Waals surface area contributed by atoms with Crippen LogP contribution in [0.1, 0.15) is 5.56 Å². The minimum Gasteiger partial charge on any atom is -0.263 e. The molecule has 1 heterocycles. The lowest BCUT2D eigenvalue weighted by Gasteiger charge is -1.86. The van der Waals surface area contributed by atoms with Gasteiger partial charge in [0.05, 0.1) is 0 Å². The molecule has 0 fully saturated rings. The van der Waals surface area contributed by atoms with Gasteiger partial charge < -0.3 is 0 Å². The van der Waals surface area contributed by atoms with Gasteiger partial charge in [0.1, 0.15) is 17.4 Å². The Bertz CT molecular complexity index is 251. The molecule has 1 aromatic heterocycles. The number of hydrogen-bond donors (Lipinski definition) is 0. The largest absolute Gasteiger partial charge is 0.263 e. The van der Waals surface area contributed by atoms with Crippen LogP contribution in [0.5, 0.6) is 0 Å². The normalized spacial score (nSPS) is 8.44. The second kappa shape index (κ2) is 2.23. The Morgan fingerprint density at radius 1 is 1.67 bits per heavy atom. The van der Waals surface area contributed by atoms with Crippen molar-refractivity contribution in [3.63, 3.8) is 0 Å². The van der Waals surface area contributed by atoms with Gasteiger partial charge in [-0.15, -0.1) is 0 Å². The molecule has 2 nitrogen and oxygen atoms in total. The quantitative estimate of drug-likeness (QED) is 0.516. The number of halogens is 1. The maximum absolute atomic E-state index is 12.3. The number of rotatable bonds is 0. The summed E-state index contributed by atoms with van der Waals surface area (Å²) in [5.74, 6) is -0.521. The molecule has 0 aromatic carbocycles. The predicted octanol–water partition coefficient (Wildman–Crippen LogP) is 1.09. The Kier molecular flexibility index (Phi) is 1.41. The fourth-order valence-corrected chi connectivity index (χ4v) is 0.460. The van der Waals surface area contributed by atoms with Crippen molar-refractivity contribution in [3.05, 3.63) is 29.8 Å². The number of nitriles is 1. The smallest absolute Gasteiger partial charge is 0.144 e. The van der Waals surface area contributed by atoms with Crippen molar-refractivity contribution in [1.82, 2.24) is 4.98 Å². The summed E-state index contributed by atoms with van der Waals surface area (Å²) in [5.41, 5.74) is -0.0162. The summed E-state index contributed by atoms with van der Waals surface area (Å²) in [6.07, 6.45) is 2.49. The third kappa shape index (κ3) is 1.03. The van der Waals surface area contributed by atoms with Crippen LogP contribution < -0.4 is 0 Å². The van der Waals surface area contributed by atoms with E-state index in [1.54, 1.807) is 6.07 Å². The second-order valence-electron chi connectivity index (χ2n) is 1.47. The first kappa shape index (κ1) is 5.70. The van der Waals surface area contributed by atoms with E-state index in [-0.39, 0.29) is 5.56 Å². The molecule has 0 atom stereocenters. The van der Waals surface area contributed by atoms with Crippen LogP contribution in [0.15, 0.2) is 18.5 Å². The Morgan fingerprint density at radius 2 is 2.44 bits per heavy atom. The first-order chi connectivity index (χ1) is 4.34. The molecule has 0 radical (unpaired) electrons. The summed E-state index contributed by atoms with van der Waals surface area (Å²) in [6, 6.07) is 2.81. The fraction of sp³-hybridized carbons (Fsp3) is 0. The van der Waals surface area contributed by atoms with Gasteiger partial charge in [-0.05, 0) is 6.07 Å². The van der Waals surface area contributed by atoms with Gasteiger partial charge in [-0.3, -0.25) is 4.98 Å². The van der Waals surface area contributed by atoms with E-state index in [1.165, 1.54) is 12.4 Å². The summed E-state index contributed by atoms with van der Waals surface area (Å²) in [7, 11) is 0. The van der Waals surface area contributed by atoms with E-state index in [9.17, 15) is 4.39 Å². The van der Waals surface area contributed by atoms with E-state index in [0.29, 0.717) is 0 Å². The van der Waals surface area contributed by atoms with Crippen molar-refractivity contribution >= 4 is 0 Å². The Balaban J connectivity index is 3.20. The van der Waals surface area contributed by atoms with Crippen LogP contribution in [0.3, 0.4) is 0 Å². The molecule has 0 saturated heterocycles. The van der Waals surface area contributed by atoms with Gasteiger partial charge in [-0.25, -0.2) is 4.39 Å². The molecule has 1 rings (SSSR count). The maximum atomic E-state index is 12.3. The minimum absolute atomic E-state index is 0.0162. The highest BCUT2D eigenvalue weighted by Gasteiger charge is 1.95. The maximum Gasteiger partial charge on any atom is 0.144 e. The SMILES string of the molecule is N#Cc1cnccc1F. The highest BCUT2D eigenvalue weighted by atomic mass is 19.1. The summed E-state index contributed by atoms with van der Waals surface area (Å²) in [4.78, 5) is 3.55. The third-order valence-electron chi connectivity index (χ3n) is 0.888.